The lowest BCUT2D eigenvalue weighted by molar-refractivity contribution is -0.110. The van der Waals surface area contributed by atoms with Gasteiger partial charge in [-0.25, -0.2) is 0 Å². The van der Waals surface area contributed by atoms with Gasteiger partial charge in [0.25, 0.3) is 0 Å². The first-order chi connectivity index (χ1) is 15.9. The Kier molecular flexibility index (Phi) is 7.13. The Balaban J connectivity index is 1.75. The number of nitrogens with one attached hydrogen (secondary N) is 1. The molecule has 4 rings (SSSR count). The molecule has 166 valence electrons. The van der Waals surface area contributed by atoms with Gasteiger partial charge in [0.1, 0.15) is 0 Å². The highest BCUT2D eigenvalue weighted by atomic mass is 35.5. The fourth-order valence-electron chi connectivity index (χ4n) is 3.08. The molecule has 9 heteroatoms. The normalized spacial score (nSPS) is 11.5. The van der Waals surface area contributed by atoms with E-state index >= 15 is 0 Å². The molecule has 0 aliphatic rings. The van der Waals surface area contributed by atoms with Crippen LogP contribution in [0, 0.1) is 6.92 Å². The molecule has 1 aromatic heterocycles. The van der Waals surface area contributed by atoms with Crippen LogP contribution in [0.4, 0.5) is 5.69 Å². The summed E-state index contributed by atoms with van der Waals surface area (Å²) in [5, 5.41) is 14.7. The van der Waals surface area contributed by atoms with Gasteiger partial charge in [-0.1, -0.05) is 53.5 Å². The van der Waals surface area contributed by atoms with Crippen LogP contribution in [0.25, 0.3) is 17.1 Å². The number of aromatic nitrogens is 3. The lowest BCUT2D eigenvalue weighted by atomic mass is 10.2. The van der Waals surface area contributed by atoms with Crippen LogP contribution in [-0.4, -0.2) is 25.6 Å². The van der Waals surface area contributed by atoms with Crippen molar-refractivity contribution in [2.75, 3.05) is 5.43 Å². The number of Topliss-reactive ketones (excluding diaryl/α,β-unsaturated/α-hetero) is 1. The van der Waals surface area contributed by atoms with Gasteiger partial charge in [-0.15, -0.1) is 10.2 Å². The zero-order valence-corrected chi connectivity index (χ0v) is 20.1. The Bertz CT molecular complexity index is 1340. The quantitative estimate of drug-likeness (QED) is 0.140. The van der Waals surface area contributed by atoms with Gasteiger partial charge >= 0.3 is 0 Å². The third kappa shape index (κ3) is 5.45. The summed E-state index contributed by atoms with van der Waals surface area (Å²) < 4.78 is 1.84. The number of rotatable bonds is 6. The van der Waals surface area contributed by atoms with Crippen LogP contribution in [0.5, 0.6) is 0 Å². The Hall–Kier alpha value is -3.13. The molecule has 0 spiro atoms. The second-order valence-corrected chi connectivity index (χ2v) is 8.96. The van der Waals surface area contributed by atoms with Gasteiger partial charge in [0, 0.05) is 23.2 Å². The van der Waals surface area contributed by atoms with E-state index in [1.807, 2.05) is 66.1 Å². The Morgan fingerprint density at radius 1 is 1.00 bits per heavy atom. The zero-order valence-electron chi connectivity index (χ0n) is 17.8. The van der Waals surface area contributed by atoms with Crippen molar-refractivity contribution in [2.45, 2.75) is 19.0 Å². The van der Waals surface area contributed by atoms with E-state index in [1.165, 1.54) is 6.92 Å². The second kappa shape index (κ2) is 10.2. The van der Waals surface area contributed by atoms with E-state index in [1.54, 1.807) is 18.2 Å². The van der Waals surface area contributed by atoms with Gasteiger partial charge in [0.15, 0.2) is 16.7 Å². The van der Waals surface area contributed by atoms with Crippen molar-refractivity contribution in [1.29, 1.82) is 0 Å². The van der Waals surface area contributed by atoms with E-state index in [-0.39, 0.29) is 10.8 Å². The average Bonchev–Trinajstić information content (AvgIpc) is 3.20. The van der Waals surface area contributed by atoms with Crippen molar-refractivity contribution < 1.29 is 4.79 Å². The van der Waals surface area contributed by atoms with E-state index in [9.17, 15) is 4.79 Å². The molecule has 0 radical (unpaired) electrons. The number of ketones is 1. The maximum Gasteiger partial charge on any atom is 0.202 e. The van der Waals surface area contributed by atoms with Crippen LogP contribution < -0.4 is 5.43 Å². The van der Waals surface area contributed by atoms with E-state index in [0.29, 0.717) is 26.6 Å². The van der Waals surface area contributed by atoms with Crippen molar-refractivity contribution in [3.63, 3.8) is 0 Å². The number of para-hydroxylation sites is 1. The third-order valence-corrected chi connectivity index (χ3v) is 6.18. The van der Waals surface area contributed by atoms with Crippen LogP contribution in [0.2, 0.25) is 10.0 Å². The lowest BCUT2D eigenvalue weighted by Crippen LogP contribution is -2.10. The molecule has 1 N–H and O–H groups in total. The molecule has 0 aliphatic heterocycles. The average molecular weight is 496 g/mol. The summed E-state index contributed by atoms with van der Waals surface area (Å²) in [6, 6.07) is 22.5. The van der Waals surface area contributed by atoms with Gasteiger partial charge in [0.2, 0.25) is 5.16 Å². The summed E-state index contributed by atoms with van der Waals surface area (Å²) in [7, 11) is 0. The number of carbonyl (C=O) groups is 1. The SMILES string of the molecule is CC(=O)/C(=N/Nc1cccc(C)c1)Sc1nnc(-c2ccc(Cl)cc2Cl)n1-c1ccccc1. The van der Waals surface area contributed by atoms with E-state index in [4.69, 9.17) is 23.2 Å². The summed E-state index contributed by atoms with van der Waals surface area (Å²) in [5.74, 6) is 0.328. The summed E-state index contributed by atoms with van der Waals surface area (Å²) in [4.78, 5) is 12.4. The van der Waals surface area contributed by atoms with Gasteiger partial charge < -0.3 is 0 Å². The van der Waals surface area contributed by atoms with Gasteiger partial charge in [0.05, 0.1) is 10.7 Å². The smallest absolute Gasteiger partial charge is 0.202 e. The summed E-state index contributed by atoms with van der Waals surface area (Å²) in [5.41, 5.74) is 6.31. The molecular weight excluding hydrogens is 477 g/mol. The number of carbonyl (C=O) groups excluding carboxylic acids is 1. The Morgan fingerprint density at radius 3 is 2.48 bits per heavy atom. The molecule has 3 aromatic carbocycles. The van der Waals surface area contributed by atoms with Crippen LogP contribution >= 0.6 is 35.0 Å². The first kappa shape index (κ1) is 23.0. The minimum Gasteiger partial charge on any atom is -0.292 e. The molecule has 0 amide bonds. The molecule has 33 heavy (non-hydrogen) atoms. The van der Waals surface area contributed by atoms with Crippen molar-refractivity contribution in [1.82, 2.24) is 14.8 Å². The van der Waals surface area contributed by atoms with Crippen LogP contribution in [-0.2, 0) is 4.79 Å². The van der Waals surface area contributed by atoms with Crippen LogP contribution in [0.15, 0.2) is 83.1 Å². The fourth-order valence-corrected chi connectivity index (χ4v) is 4.35. The number of anilines is 1. The fraction of sp³-hybridized carbons (Fsp3) is 0.0833. The molecule has 4 aromatic rings. The largest absolute Gasteiger partial charge is 0.292 e. The number of halogens is 2. The summed E-state index contributed by atoms with van der Waals surface area (Å²) >= 11 is 13.7. The van der Waals surface area contributed by atoms with E-state index in [2.05, 4.69) is 20.7 Å². The number of aryl methyl sites for hydroxylation is 1. The highest BCUT2D eigenvalue weighted by molar-refractivity contribution is 8.15. The molecule has 0 unspecified atom stereocenters. The number of nitrogens with zero attached hydrogens (tertiary/aromatic N) is 4. The first-order valence-corrected chi connectivity index (χ1v) is 11.5. The van der Waals surface area contributed by atoms with Crippen molar-refractivity contribution in [2.24, 2.45) is 5.10 Å². The number of thioether (sulfide) groups is 1. The molecule has 0 saturated carbocycles. The lowest BCUT2D eigenvalue weighted by Gasteiger charge is -2.11. The van der Waals surface area contributed by atoms with E-state index in [0.717, 1.165) is 28.7 Å². The van der Waals surface area contributed by atoms with Crippen molar-refractivity contribution in [3.8, 4) is 17.1 Å². The molecule has 0 aliphatic carbocycles. The monoisotopic (exact) mass is 495 g/mol. The maximum atomic E-state index is 12.4. The Labute approximate surface area is 205 Å². The molecule has 1 heterocycles. The maximum absolute atomic E-state index is 12.4. The third-order valence-electron chi connectivity index (χ3n) is 4.61. The predicted octanol–water partition coefficient (Wildman–Crippen LogP) is 6.66. The Morgan fingerprint density at radius 2 is 1.79 bits per heavy atom. The zero-order chi connectivity index (χ0) is 23.4. The summed E-state index contributed by atoms with van der Waals surface area (Å²) in [6.45, 7) is 3.45. The van der Waals surface area contributed by atoms with Crippen LogP contribution in [0.3, 0.4) is 0 Å². The van der Waals surface area contributed by atoms with Crippen molar-refractivity contribution in [3.05, 3.63) is 88.4 Å². The minimum atomic E-state index is -0.200. The first-order valence-electron chi connectivity index (χ1n) is 9.98. The number of hydrogen-bond donors (Lipinski definition) is 1. The second-order valence-electron chi connectivity index (χ2n) is 7.16. The number of hydrogen-bond acceptors (Lipinski definition) is 6. The van der Waals surface area contributed by atoms with Crippen LogP contribution in [0.1, 0.15) is 12.5 Å². The standard InChI is InChI=1S/C24H19Cl2N5OS/c1-15-7-6-8-18(13-15)27-29-23(16(2)32)33-24-30-28-22(20-12-11-17(25)14-21(20)26)31(24)19-9-4-3-5-10-19/h3-14,27H,1-2H3/b29-23-. The molecule has 0 atom stereocenters. The van der Waals surface area contributed by atoms with E-state index < -0.39 is 0 Å². The topological polar surface area (TPSA) is 72.2 Å². The minimum absolute atomic E-state index is 0.200. The van der Waals surface area contributed by atoms with Crippen molar-refractivity contribution >= 4 is 51.5 Å². The van der Waals surface area contributed by atoms with Gasteiger partial charge in [-0.05, 0) is 66.7 Å². The molecule has 0 saturated heterocycles. The highest BCUT2D eigenvalue weighted by Gasteiger charge is 2.21. The molecule has 6 nitrogen and oxygen atoms in total. The molecule has 0 fully saturated rings. The van der Waals surface area contributed by atoms with Gasteiger partial charge in [-0.2, -0.15) is 5.10 Å². The molecule has 0 bridgehead atoms. The number of benzene rings is 3. The summed E-state index contributed by atoms with van der Waals surface area (Å²) in [6.07, 6.45) is 0. The van der Waals surface area contributed by atoms with Gasteiger partial charge in [-0.3, -0.25) is 14.8 Å². The predicted molar refractivity (Wildman–Crippen MR) is 136 cm³/mol. The molecular formula is C24H19Cl2N5OS. The number of hydrazone groups is 1. The highest BCUT2D eigenvalue weighted by Crippen LogP contribution is 2.34.